The molecule has 0 unspecified atom stereocenters. The van der Waals surface area contributed by atoms with Gasteiger partial charge in [0, 0.05) is 13.6 Å². The molecule has 15 heavy (non-hydrogen) atoms. The van der Waals surface area contributed by atoms with E-state index in [4.69, 9.17) is 0 Å². The van der Waals surface area contributed by atoms with Crippen molar-refractivity contribution in [2.45, 2.75) is 6.18 Å². The Morgan fingerprint density at radius 1 is 1.53 bits per heavy atom. The van der Waals surface area contributed by atoms with Gasteiger partial charge in [-0.3, -0.25) is 9.59 Å². The lowest BCUT2D eigenvalue weighted by Crippen LogP contribution is -2.37. The molecule has 1 amide bonds. The summed E-state index contributed by atoms with van der Waals surface area (Å²) in [6.45, 7) is -0.0190. The number of rotatable bonds is 1. The molecule has 1 N–H and O–H groups in total. The molecule has 0 fully saturated rings. The van der Waals surface area contributed by atoms with Gasteiger partial charge in [0.15, 0.2) is 0 Å². The topological polar surface area (TPSA) is 49.4 Å². The van der Waals surface area contributed by atoms with Crippen LogP contribution in [0.5, 0.6) is 0 Å². The Bertz CT molecular complexity index is 322. The molecule has 0 atom stereocenters. The molecule has 1 aliphatic heterocycles. The number of carbonyl (C=O) groups is 2. The third-order valence-corrected chi connectivity index (χ3v) is 1.94. The van der Waals surface area contributed by atoms with Crippen LogP contribution >= 0.6 is 0 Å². The van der Waals surface area contributed by atoms with Crippen molar-refractivity contribution in [1.82, 2.24) is 10.2 Å². The van der Waals surface area contributed by atoms with Crippen LogP contribution in [0.3, 0.4) is 0 Å². The van der Waals surface area contributed by atoms with Crippen LogP contribution in [0.15, 0.2) is 11.8 Å². The molecule has 1 heterocycles. The molecule has 0 aliphatic carbocycles. The van der Waals surface area contributed by atoms with Gasteiger partial charge in [0.25, 0.3) is 5.78 Å². The van der Waals surface area contributed by atoms with E-state index >= 15 is 0 Å². The zero-order chi connectivity index (χ0) is 11.6. The van der Waals surface area contributed by atoms with Crippen molar-refractivity contribution in [1.29, 1.82) is 0 Å². The van der Waals surface area contributed by atoms with E-state index in [-0.39, 0.29) is 13.1 Å². The molecular weight excluding hydrogens is 213 g/mol. The van der Waals surface area contributed by atoms with E-state index in [0.717, 1.165) is 18.0 Å². The maximum Gasteiger partial charge on any atom is 0.456 e. The number of hydrogen-bond donors (Lipinski definition) is 1. The predicted octanol–water partition coefficient (Wildman–Crippen LogP) is 0.0633. The van der Waals surface area contributed by atoms with Gasteiger partial charge in [-0.15, -0.1) is 0 Å². The molecule has 4 nitrogen and oxygen atoms in total. The highest BCUT2D eigenvalue weighted by Gasteiger charge is 2.42. The summed E-state index contributed by atoms with van der Waals surface area (Å²) >= 11 is 0. The molecule has 7 heteroatoms. The van der Waals surface area contributed by atoms with Crippen molar-refractivity contribution in [2.24, 2.45) is 0 Å². The number of allylic oxidation sites excluding steroid dienone is 1. The highest BCUT2D eigenvalue weighted by atomic mass is 19.4. The van der Waals surface area contributed by atoms with Crippen LogP contribution in [0, 0.1) is 0 Å². The van der Waals surface area contributed by atoms with E-state index in [1.54, 1.807) is 0 Å². The maximum atomic E-state index is 12.1. The van der Waals surface area contributed by atoms with Gasteiger partial charge >= 0.3 is 6.18 Å². The molecule has 0 saturated carbocycles. The smallest absolute Gasteiger partial charge is 0.311 e. The monoisotopic (exact) mass is 222 g/mol. The number of hydrogen-bond acceptors (Lipinski definition) is 3. The molecule has 0 spiro atoms. The van der Waals surface area contributed by atoms with Crippen LogP contribution in [0.1, 0.15) is 0 Å². The van der Waals surface area contributed by atoms with Gasteiger partial charge in [0.2, 0.25) is 5.91 Å². The number of alkyl halides is 3. The van der Waals surface area contributed by atoms with Gasteiger partial charge in [-0.1, -0.05) is 0 Å². The molecule has 84 valence electrons. The second-order valence-corrected chi connectivity index (χ2v) is 3.00. The highest BCUT2D eigenvalue weighted by molar-refractivity contribution is 6.02. The average molecular weight is 222 g/mol. The van der Waals surface area contributed by atoms with Crippen molar-refractivity contribution in [2.75, 3.05) is 20.1 Å². The lowest BCUT2D eigenvalue weighted by atomic mass is 10.2. The van der Waals surface area contributed by atoms with Crippen LogP contribution in [0.25, 0.3) is 0 Å². The quantitative estimate of drug-likeness (QED) is 0.682. The van der Waals surface area contributed by atoms with Crippen molar-refractivity contribution in [3.05, 3.63) is 11.8 Å². The molecule has 0 saturated heterocycles. The minimum absolute atomic E-state index is 0.0627. The van der Waals surface area contributed by atoms with Gasteiger partial charge in [0.05, 0.1) is 12.2 Å². The van der Waals surface area contributed by atoms with Crippen LogP contribution in [0.4, 0.5) is 13.2 Å². The first-order valence-electron chi connectivity index (χ1n) is 4.13. The standard InChI is InChI=1S/C8H9F3N2O2/c1-13-5(7(15)8(9,10)11)2-3-12-4-6(13)14/h2,12H,3-4H2,1H3. The molecule has 1 rings (SSSR count). The zero-order valence-corrected chi connectivity index (χ0v) is 7.89. The first-order chi connectivity index (χ1) is 6.84. The predicted molar refractivity (Wildman–Crippen MR) is 44.8 cm³/mol. The summed E-state index contributed by atoms with van der Waals surface area (Å²) in [5, 5.41) is 2.58. The Morgan fingerprint density at radius 2 is 2.13 bits per heavy atom. The third kappa shape index (κ3) is 2.56. The molecule has 0 radical (unpaired) electrons. The average Bonchev–Trinajstić information content (AvgIpc) is 2.28. The fourth-order valence-corrected chi connectivity index (χ4v) is 1.13. The molecule has 1 aliphatic rings. The summed E-state index contributed by atoms with van der Waals surface area (Å²) in [6.07, 6.45) is -3.90. The van der Waals surface area contributed by atoms with Crippen LogP contribution < -0.4 is 5.32 Å². The number of Topliss-reactive ketones (excluding diaryl/α,β-unsaturated/α-hetero) is 1. The van der Waals surface area contributed by atoms with Crippen LogP contribution in [-0.2, 0) is 9.59 Å². The first-order valence-corrected chi connectivity index (χ1v) is 4.13. The van der Waals surface area contributed by atoms with E-state index in [1.165, 1.54) is 0 Å². The maximum absolute atomic E-state index is 12.1. The minimum atomic E-state index is -4.95. The number of likely N-dealkylation sites (N-methyl/N-ethyl adjacent to an activating group) is 1. The van der Waals surface area contributed by atoms with E-state index in [0.29, 0.717) is 0 Å². The molecular formula is C8H9F3N2O2. The van der Waals surface area contributed by atoms with Crippen molar-refractivity contribution in [3.63, 3.8) is 0 Å². The zero-order valence-electron chi connectivity index (χ0n) is 7.89. The van der Waals surface area contributed by atoms with Gasteiger partial charge in [-0.05, 0) is 6.08 Å². The minimum Gasteiger partial charge on any atom is -0.311 e. The Balaban J connectivity index is 2.97. The van der Waals surface area contributed by atoms with Crippen molar-refractivity contribution in [3.8, 4) is 0 Å². The number of amides is 1. The highest BCUT2D eigenvalue weighted by Crippen LogP contribution is 2.22. The summed E-state index contributed by atoms with van der Waals surface area (Å²) in [6, 6.07) is 0. The molecule has 0 aromatic heterocycles. The third-order valence-electron chi connectivity index (χ3n) is 1.94. The van der Waals surface area contributed by atoms with Crippen LogP contribution in [0.2, 0.25) is 0 Å². The Morgan fingerprint density at radius 3 is 2.67 bits per heavy atom. The molecule has 0 aromatic carbocycles. The SMILES string of the molecule is CN1C(=O)CNCC=C1C(=O)C(F)(F)F. The fourth-order valence-electron chi connectivity index (χ4n) is 1.13. The Kier molecular flexibility index (Phi) is 3.13. The van der Waals surface area contributed by atoms with Gasteiger partial charge in [-0.2, -0.15) is 13.2 Å². The van der Waals surface area contributed by atoms with Crippen molar-refractivity contribution >= 4 is 11.7 Å². The number of halogens is 3. The number of nitrogens with one attached hydrogen (secondary N) is 1. The second-order valence-electron chi connectivity index (χ2n) is 3.00. The second kappa shape index (κ2) is 4.01. The largest absolute Gasteiger partial charge is 0.456 e. The van der Waals surface area contributed by atoms with E-state index in [9.17, 15) is 22.8 Å². The van der Waals surface area contributed by atoms with Gasteiger partial charge in [0.1, 0.15) is 0 Å². The van der Waals surface area contributed by atoms with Crippen molar-refractivity contribution < 1.29 is 22.8 Å². The van der Waals surface area contributed by atoms with Crippen LogP contribution in [-0.4, -0.2) is 42.9 Å². The molecule has 0 bridgehead atoms. The summed E-state index contributed by atoms with van der Waals surface area (Å²) < 4.78 is 36.4. The number of carbonyl (C=O) groups excluding carboxylic acids is 2. The number of nitrogens with zero attached hydrogens (tertiary/aromatic N) is 1. The van der Waals surface area contributed by atoms with E-state index < -0.39 is 23.6 Å². The summed E-state index contributed by atoms with van der Waals surface area (Å²) in [5.41, 5.74) is -0.627. The summed E-state index contributed by atoms with van der Waals surface area (Å²) in [4.78, 5) is 22.8. The Hall–Kier alpha value is -1.37. The fraction of sp³-hybridized carbons (Fsp3) is 0.500. The normalized spacial score (nSPS) is 18.5. The summed E-state index contributed by atoms with van der Waals surface area (Å²) in [7, 11) is 1.14. The number of ketones is 1. The van der Waals surface area contributed by atoms with Gasteiger partial charge < -0.3 is 10.2 Å². The molecule has 0 aromatic rings. The lowest BCUT2D eigenvalue weighted by molar-refractivity contribution is -0.168. The van der Waals surface area contributed by atoms with E-state index in [2.05, 4.69) is 5.32 Å². The van der Waals surface area contributed by atoms with E-state index in [1.807, 2.05) is 0 Å². The Labute approximate surface area is 83.7 Å². The lowest BCUT2D eigenvalue weighted by Gasteiger charge is -2.18. The van der Waals surface area contributed by atoms with Gasteiger partial charge in [-0.25, -0.2) is 0 Å². The summed E-state index contributed by atoms with van der Waals surface area (Å²) in [5.74, 6) is -2.57. The first kappa shape index (κ1) is 11.7.